The summed E-state index contributed by atoms with van der Waals surface area (Å²) in [5, 5.41) is 0. The van der Waals surface area contributed by atoms with Gasteiger partial charge in [0.2, 0.25) is 5.91 Å². The molecule has 1 aliphatic rings. The number of para-hydroxylation sites is 1. The average molecular weight is 350 g/mol. The molecule has 0 atom stereocenters. The van der Waals surface area contributed by atoms with Crippen LogP contribution < -0.4 is 4.90 Å². The lowest BCUT2D eigenvalue weighted by molar-refractivity contribution is -0.122. The molecule has 116 valence electrons. The largest absolute Gasteiger partial charge is 0.301 e. The first-order chi connectivity index (χ1) is 10.3. The van der Waals surface area contributed by atoms with E-state index in [1.54, 1.807) is 20.7 Å². The van der Waals surface area contributed by atoms with Crippen LogP contribution in [-0.2, 0) is 10.3 Å². The predicted octanol–water partition coefficient (Wildman–Crippen LogP) is 5.75. The topological polar surface area (TPSA) is 20.3 Å². The van der Waals surface area contributed by atoms with Crippen molar-refractivity contribution in [2.24, 2.45) is 5.92 Å². The molecule has 5 heteroatoms. The van der Waals surface area contributed by atoms with Gasteiger partial charge in [-0.05, 0) is 26.3 Å². The molecule has 0 fully saturated rings. The van der Waals surface area contributed by atoms with Crippen LogP contribution in [0.15, 0.2) is 18.2 Å². The molecule has 2 heterocycles. The molecular weight excluding hydrogens is 330 g/mol. The lowest BCUT2D eigenvalue weighted by Crippen LogP contribution is -2.49. The normalized spacial score (nSPS) is 15.6. The third-order valence-electron chi connectivity index (χ3n) is 4.19. The number of rotatable bonds is 1. The summed E-state index contributed by atoms with van der Waals surface area (Å²) in [6, 6.07) is 6.21. The maximum Gasteiger partial charge on any atom is 0.230 e. The molecule has 2 nitrogen and oxygen atoms in total. The van der Waals surface area contributed by atoms with Crippen LogP contribution in [0.4, 0.5) is 5.69 Å². The van der Waals surface area contributed by atoms with Crippen molar-refractivity contribution in [2.45, 2.75) is 40.2 Å². The second-order valence-electron chi connectivity index (χ2n) is 6.52. The molecule has 0 bridgehead atoms. The van der Waals surface area contributed by atoms with E-state index in [0.29, 0.717) is 0 Å². The molecule has 2 aromatic rings. The minimum absolute atomic E-state index is 0.0418. The van der Waals surface area contributed by atoms with Crippen molar-refractivity contribution in [2.75, 3.05) is 4.90 Å². The highest BCUT2D eigenvalue weighted by atomic mass is 32.9. The van der Waals surface area contributed by atoms with E-state index in [-0.39, 0.29) is 17.4 Å². The van der Waals surface area contributed by atoms with Crippen molar-refractivity contribution < 1.29 is 4.79 Å². The molecule has 0 radical (unpaired) electrons. The first-order valence-corrected chi connectivity index (χ1v) is 9.90. The second-order valence-corrected chi connectivity index (χ2v) is 9.33. The minimum Gasteiger partial charge on any atom is -0.301 e. The number of benzene rings is 1. The number of hydrogen-bond donors (Lipinski definition) is 0. The molecule has 1 aliphatic heterocycles. The van der Waals surface area contributed by atoms with Crippen molar-refractivity contribution in [3.63, 3.8) is 0 Å². The van der Waals surface area contributed by atoms with Crippen molar-refractivity contribution in [1.29, 1.82) is 0 Å². The summed E-state index contributed by atoms with van der Waals surface area (Å²) >= 11 is 5.58. The third kappa shape index (κ3) is 2.10. The van der Waals surface area contributed by atoms with Gasteiger partial charge in [-0.1, -0.05) is 64.9 Å². The van der Waals surface area contributed by atoms with E-state index in [9.17, 15) is 4.79 Å². The maximum absolute atomic E-state index is 13.0. The first kappa shape index (κ1) is 15.8. The van der Waals surface area contributed by atoms with Crippen molar-refractivity contribution in [3.05, 3.63) is 32.5 Å². The molecule has 0 spiro atoms. The van der Waals surface area contributed by atoms with Crippen molar-refractivity contribution in [1.82, 2.24) is 0 Å². The minimum atomic E-state index is -0.367. The van der Waals surface area contributed by atoms with Gasteiger partial charge in [0.05, 0.1) is 16.1 Å². The highest BCUT2D eigenvalue weighted by Crippen LogP contribution is 2.53. The zero-order chi connectivity index (χ0) is 16.2. The smallest absolute Gasteiger partial charge is 0.230 e. The number of hydrogen-bond acceptors (Lipinski definition) is 4. The van der Waals surface area contributed by atoms with E-state index < -0.39 is 0 Å². The third-order valence-corrected chi connectivity index (χ3v) is 7.52. The van der Waals surface area contributed by atoms with E-state index in [0.717, 1.165) is 26.2 Å². The van der Waals surface area contributed by atoms with Crippen LogP contribution in [0.2, 0.25) is 0 Å². The molecule has 0 aliphatic carbocycles. The summed E-state index contributed by atoms with van der Waals surface area (Å²) < 4.78 is 0.927. The van der Waals surface area contributed by atoms with Gasteiger partial charge in [0.25, 0.3) is 0 Å². The molecule has 3 rings (SSSR count). The Morgan fingerprint density at radius 3 is 2.59 bits per heavy atom. The molecule has 22 heavy (non-hydrogen) atoms. The summed E-state index contributed by atoms with van der Waals surface area (Å²) in [6.45, 7) is 10.2. The number of anilines is 1. The van der Waals surface area contributed by atoms with Crippen LogP contribution in [0.1, 0.15) is 38.1 Å². The predicted molar refractivity (Wildman–Crippen MR) is 98.6 cm³/mol. The maximum atomic E-state index is 13.0. The van der Waals surface area contributed by atoms with Crippen LogP contribution in [-0.4, -0.2) is 5.91 Å². The van der Waals surface area contributed by atoms with Crippen molar-refractivity contribution in [3.8, 4) is 11.1 Å². The summed E-state index contributed by atoms with van der Waals surface area (Å²) in [5.74, 6) is 0.121. The Balaban J connectivity index is 2.40. The Hall–Kier alpha value is -1.04. The fourth-order valence-corrected chi connectivity index (χ4v) is 6.36. The first-order valence-electron chi connectivity index (χ1n) is 7.34. The fraction of sp³-hybridized carbons (Fsp3) is 0.412. The molecule has 0 saturated carbocycles. The van der Waals surface area contributed by atoms with Gasteiger partial charge in [-0.3, -0.25) is 4.79 Å². The quantitative estimate of drug-likeness (QED) is 0.482. The fourth-order valence-electron chi connectivity index (χ4n) is 3.08. The van der Waals surface area contributed by atoms with Gasteiger partial charge in [0, 0.05) is 17.0 Å². The Labute approximate surface area is 143 Å². The molecule has 1 aromatic carbocycles. The molecule has 1 aromatic heterocycles. The lowest BCUT2D eigenvalue weighted by Gasteiger charge is -2.44. The molecule has 0 saturated heterocycles. The van der Waals surface area contributed by atoms with Gasteiger partial charge in [0.15, 0.2) is 0 Å². The molecule has 0 N–H and O–H groups in total. The zero-order valence-corrected chi connectivity index (χ0v) is 15.8. The van der Waals surface area contributed by atoms with E-state index in [2.05, 4.69) is 32.9 Å². The van der Waals surface area contributed by atoms with Crippen LogP contribution in [0, 0.1) is 16.7 Å². The van der Waals surface area contributed by atoms with E-state index in [1.807, 2.05) is 24.8 Å². The SMILES string of the molecule is Cc1cccc2c1N(C(=O)C(C)C)C(C)(C)c1ssc(=S)c1-2. The van der Waals surface area contributed by atoms with E-state index in [1.165, 1.54) is 4.88 Å². The second kappa shape index (κ2) is 5.25. The molecule has 0 unspecified atom stereocenters. The van der Waals surface area contributed by atoms with Gasteiger partial charge in [-0.15, -0.1) is 0 Å². The Morgan fingerprint density at radius 2 is 1.95 bits per heavy atom. The van der Waals surface area contributed by atoms with Gasteiger partial charge in [0.1, 0.15) is 3.82 Å². The Morgan fingerprint density at radius 1 is 1.27 bits per heavy atom. The van der Waals surface area contributed by atoms with Gasteiger partial charge in [-0.25, -0.2) is 0 Å². The summed E-state index contributed by atoms with van der Waals surface area (Å²) in [6.07, 6.45) is 0. The summed E-state index contributed by atoms with van der Waals surface area (Å²) in [4.78, 5) is 16.1. The average Bonchev–Trinajstić information content (AvgIpc) is 2.82. The number of carbonyl (C=O) groups is 1. The summed E-state index contributed by atoms with van der Waals surface area (Å²) in [7, 11) is 3.34. The number of aryl methyl sites for hydroxylation is 1. The molecular formula is C17H19NOS3. The highest BCUT2D eigenvalue weighted by molar-refractivity contribution is 7.80. The monoisotopic (exact) mass is 349 g/mol. The van der Waals surface area contributed by atoms with Gasteiger partial charge < -0.3 is 4.90 Å². The van der Waals surface area contributed by atoms with Crippen molar-refractivity contribution >= 4 is 44.5 Å². The van der Waals surface area contributed by atoms with Crippen LogP contribution in [0.3, 0.4) is 0 Å². The zero-order valence-electron chi connectivity index (χ0n) is 13.4. The summed E-state index contributed by atoms with van der Waals surface area (Å²) in [5.41, 5.74) is 4.03. The molecule has 1 amide bonds. The lowest BCUT2D eigenvalue weighted by atomic mass is 9.85. The van der Waals surface area contributed by atoms with E-state index in [4.69, 9.17) is 12.2 Å². The van der Waals surface area contributed by atoms with Crippen LogP contribution in [0.25, 0.3) is 11.1 Å². The van der Waals surface area contributed by atoms with Crippen LogP contribution >= 0.6 is 32.9 Å². The number of carbonyl (C=O) groups excluding carboxylic acids is 1. The standard InChI is InChI=1S/C17H19NOS3/c1-9(2)15(19)18-13-10(3)7-6-8-11(13)12-14(17(18,4)5)21-22-16(12)20/h6-9H,1-5H3. The number of nitrogens with zero attached hydrogens (tertiary/aromatic N) is 1. The Bertz CT molecular complexity index is 814. The van der Waals surface area contributed by atoms with E-state index >= 15 is 0 Å². The van der Waals surface area contributed by atoms with Gasteiger partial charge in [-0.2, -0.15) is 0 Å². The highest BCUT2D eigenvalue weighted by Gasteiger charge is 2.43. The number of fused-ring (bicyclic) bond motifs is 3. The Kier molecular flexibility index (Phi) is 3.78. The van der Waals surface area contributed by atoms with Crippen LogP contribution in [0.5, 0.6) is 0 Å². The van der Waals surface area contributed by atoms with Gasteiger partial charge >= 0.3 is 0 Å². The number of amides is 1.